The standard InChI is InChI=1S/C13H18N2O4/c1-14-12(17)6-7-15(2)13(18)9-4-5-11(19-3)10(16)8-9/h4-5,8,16H,6-7H2,1-3H3,(H,14,17). The molecular formula is C13H18N2O4. The van der Waals surface area contributed by atoms with Gasteiger partial charge in [-0.2, -0.15) is 0 Å². The van der Waals surface area contributed by atoms with Crippen molar-refractivity contribution in [1.29, 1.82) is 0 Å². The first-order valence-corrected chi connectivity index (χ1v) is 5.82. The first-order chi connectivity index (χ1) is 8.99. The van der Waals surface area contributed by atoms with E-state index in [9.17, 15) is 14.7 Å². The Morgan fingerprint density at radius 2 is 2.11 bits per heavy atom. The number of amides is 2. The predicted octanol–water partition coefficient (Wildman–Crippen LogP) is 0.609. The van der Waals surface area contributed by atoms with Gasteiger partial charge in [0.15, 0.2) is 11.5 Å². The fourth-order valence-electron chi connectivity index (χ4n) is 1.54. The summed E-state index contributed by atoms with van der Waals surface area (Å²) in [5.74, 6) is -0.170. The lowest BCUT2D eigenvalue weighted by molar-refractivity contribution is -0.120. The van der Waals surface area contributed by atoms with Gasteiger partial charge in [-0.25, -0.2) is 0 Å². The van der Waals surface area contributed by atoms with E-state index in [0.29, 0.717) is 17.9 Å². The van der Waals surface area contributed by atoms with Gasteiger partial charge in [-0.05, 0) is 18.2 Å². The topological polar surface area (TPSA) is 78.9 Å². The van der Waals surface area contributed by atoms with Gasteiger partial charge in [0.05, 0.1) is 7.11 Å². The first kappa shape index (κ1) is 14.8. The van der Waals surface area contributed by atoms with Crippen molar-refractivity contribution >= 4 is 11.8 Å². The number of aromatic hydroxyl groups is 1. The van der Waals surface area contributed by atoms with Crippen molar-refractivity contribution in [3.63, 3.8) is 0 Å². The van der Waals surface area contributed by atoms with Crippen molar-refractivity contribution < 1.29 is 19.4 Å². The van der Waals surface area contributed by atoms with Gasteiger partial charge in [0.2, 0.25) is 5.91 Å². The monoisotopic (exact) mass is 266 g/mol. The van der Waals surface area contributed by atoms with Crippen LogP contribution in [0, 0.1) is 0 Å². The molecule has 6 heteroatoms. The van der Waals surface area contributed by atoms with E-state index in [2.05, 4.69) is 5.32 Å². The normalized spacial score (nSPS) is 9.84. The minimum Gasteiger partial charge on any atom is -0.504 e. The number of benzene rings is 1. The highest BCUT2D eigenvalue weighted by Gasteiger charge is 2.14. The number of methoxy groups -OCH3 is 1. The molecule has 1 rings (SSSR count). The van der Waals surface area contributed by atoms with Crippen LogP contribution in [0.4, 0.5) is 0 Å². The molecule has 0 unspecified atom stereocenters. The second kappa shape index (κ2) is 6.63. The van der Waals surface area contributed by atoms with Crippen molar-refractivity contribution in [3.8, 4) is 11.5 Å². The van der Waals surface area contributed by atoms with Gasteiger partial charge in [-0.3, -0.25) is 9.59 Å². The maximum atomic E-state index is 12.0. The molecule has 104 valence electrons. The Bertz CT molecular complexity index is 474. The van der Waals surface area contributed by atoms with E-state index in [1.807, 2.05) is 0 Å². The smallest absolute Gasteiger partial charge is 0.253 e. The highest BCUT2D eigenvalue weighted by Crippen LogP contribution is 2.26. The molecule has 0 saturated heterocycles. The molecule has 0 fully saturated rings. The van der Waals surface area contributed by atoms with E-state index < -0.39 is 0 Å². The van der Waals surface area contributed by atoms with Crippen LogP contribution in [0.25, 0.3) is 0 Å². The van der Waals surface area contributed by atoms with Crippen molar-refractivity contribution in [2.45, 2.75) is 6.42 Å². The predicted molar refractivity (Wildman–Crippen MR) is 70.3 cm³/mol. The molecular weight excluding hydrogens is 248 g/mol. The summed E-state index contributed by atoms with van der Waals surface area (Å²) in [5, 5.41) is 12.1. The Hall–Kier alpha value is -2.24. The summed E-state index contributed by atoms with van der Waals surface area (Å²) >= 11 is 0. The zero-order valence-corrected chi connectivity index (χ0v) is 11.3. The lowest BCUT2D eigenvalue weighted by Crippen LogP contribution is -2.31. The molecule has 1 aromatic rings. The molecule has 0 spiro atoms. The molecule has 0 bridgehead atoms. The van der Waals surface area contributed by atoms with Gasteiger partial charge >= 0.3 is 0 Å². The first-order valence-electron chi connectivity index (χ1n) is 5.82. The highest BCUT2D eigenvalue weighted by molar-refractivity contribution is 5.95. The molecule has 0 aliphatic rings. The van der Waals surface area contributed by atoms with Crippen LogP contribution in [0.2, 0.25) is 0 Å². The molecule has 0 heterocycles. The number of phenolic OH excluding ortho intramolecular Hbond substituents is 1. The van der Waals surface area contributed by atoms with Crippen LogP contribution >= 0.6 is 0 Å². The fourth-order valence-corrected chi connectivity index (χ4v) is 1.54. The number of nitrogens with one attached hydrogen (secondary N) is 1. The minimum absolute atomic E-state index is 0.0898. The maximum absolute atomic E-state index is 12.0. The molecule has 2 N–H and O–H groups in total. The number of ether oxygens (including phenoxy) is 1. The van der Waals surface area contributed by atoms with Gasteiger partial charge in [0, 0.05) is 32.6 Å². The molecule has 0 aliphatic carbocycles. The summed E-state index contributed by atoms with van der Waals surface area (Å²) < 4.78 is 4.91. The summed E-state index contributed by atoms with van der Waals surface area (Å²) in [6, 6.07) is 4.43. The van der Waals surface area contributed by atoms with Gasteiger partial charge in [0.25, 0.3) is 5.91 Å². The van der Waals surface area contributed by atoms with E-state index >= 15 is 0 Å². The van der Waals surface area contributed by atoms with E-state index in [-0.39, 0.29) is 24.0 Å². The van der Waals surface area contributed by atoms with Crippen LogP contribution in [-0.4, -0.2) is 49.6 Å². The number of phenols is 1. The van der Waals surface area contributed by atoms with Crippen LogP contribution in [-0.2, 0) is 4.79 Å². The molecule has 1 aromatic carbocycles. The summed E-state index contributed by atoms with van der Waals surface area (Å²) in [6.45, 7) is 0.311. The quantitative estimate of drug-likeness (QED) is 0.818. The third-order valence-corrected chi connectivity index (χ3v) is 2.73. The number of hydrogen-bond acceptors (Lipinski definition) is 4. The summed E-state index contributed by atoms with van der Waals surface area (Å²) in [5.41, 5.74) is 0.345. The second-order valence-corrected chi connectivity index (χ2v) is 4.04. The molecule has 0 aliphatic heterocycles. The Balaban J connectivity index is 2.71. The number of rotatable bonds is 5. The zero-order valence-electron chi connectivity index (χ0n) is 11.3. The average Bonchev–Trinajstić information content (AvgIpc) is 2.43. The number of carbonyl (C=O) groups is 2. The zero-order chi connectivity index (χ0) is 14.4. The van der Waals surface area contributed by atoms with Gasteiger partial charge < -0.3 is 20.1 Å². The lowest BCUT2D eigenvalue weighted by Gasteiger charge is -2.17. The summed E-state index contributed by atoms with van der Waals surface area (Å²) in [7, 11) is 4.59. The van der Waals surface area contributed by atoms with Gasteiger partial charge in [-0.1, -0.05) is 0 Å². The van der Waals surface area contributed by atoms with Crippen molar-refractivity contribution in [2.24, 2.45) is 0 Å². The molecule has 2 amide bonds. The molecule has 0 saturated carbocycles. The third-order valence-electron chi connectivity index (χ3n) is 2.73. The summed E-state index contributed by atoms with van der Waals surface area (Å²) in [6.07, 6.45) is 0.237. The number of nitrogens with zero attached hydrogens (tertiary/aromatic N) is 1. The van der Waals surface area contributed by atoms with Crippen LogP contribution in [0.5, 0.6) is 11.5 Å². The lowest BCUT2D eigenvalue weighted by atomic mass is 10.1. The van der Waals surface area contributed by atoms with Crippen molar-refractivity contribution in [3.05, 3.63) is 23.8 Å². The van der Waals surface area contributed by atoms with Crippen LogP contribution < -0.4 is 10.1 Å². The SMILES string of the molecule is CNC(=O)CCN(C)C(=O)c1ccc(OC)c(O)c1. The third kappa shape index (κ3) is 3.87. The molecule has 0 atom stereocenters. The Kier molecular flexibility index (Phi) is 5.17. The van der Waals surface area contributed by atoms with E-state index in [1.165, 1.54) is 24.1 Å². The maximum Gasteiger partial charge on any atom is 0.253 e. The molecule has 0 aromatic heterocycles. The molecule has 19 heavy (non-hydrogen) atoms. The van der Waals surface area contributed by atoms with Crippen LogP contribution in [0.1, 0.15) is 16.8 Å². The highest BCUT2D eigenvalue weighted by atomic mass is 16.5. The van der Waals surface area contributed by atoms with Gasteiger partial charge in [-0.15, -0.1) is 0 Å². The van der Waals surface area contributed by atoms with E-state index in [4.69, 9.17) is 4.74 Å². The summed E-state index contributed by atoms with van der Waals surface area (Å²) in [4.78, 5) is 24.6. The van der Waals surface area contributed by atoms with Crippen LogP contribution in [0.15, 0.2) is 18.2 Å². The minimum atomic E-state index is -0.262. The second-order valence-electron chi connectivity index (χ2n) is 4.04. The van der Waals surface area contributed by atoms with E-state index in [0.717, 1.165) is 0 Å². The molecule has 0 radical (unpaired) electrons. The molecule has 6 nitrogen and oxygen atoms in total. The average molecular weight is 266 g/mol. The fraction of sp³-hybridized carbons (Fsp3) is 0.385. The number of carbonyl (C=O) groups excluding carboxylic acids is 2. The van der Waals surface area contributed by atoms with E-state index in [1.54, 1.807) is 20.2 Å². The Morgan fingerprint density at radius 1 is 1.42 bits per heavy atom. The van der Waals surface area contributed by atoms with Gasteiger partial charge in [0.1, 0.15) is 0 Å². The van der Waals surface area contributed by atoms with Crippen LogP contribution in [0.3, 0.4) is 0 Å². The van der Waals surface area contributed by atoms with Crippen molar-refractivity contribution in [1.82, 2.24) is 10.2 Å². The Labute approximate surface area is 112 Å². The number of hydrogen-bond donors (Lipinski definition) is 2. The van der Waals surface area contributed by atoms with Crippen molar-refractivity contribution in [2.75, 3.05) is 27.7 Å². The Morgan fingerprint density at radius 3 is 2.63 bits per heavy atom. The largest absolute Gasteiger partial charge is 0.504 e.